The van der Waals surface area contributed by atoms with E-state index in [9.17, 15) is 29.4 Å². The molecule has 0 spiro atoms. The molecule has 1 aliphatic heterocycles. The Hall–Kier alpha value is -3.38. The summed E-state index contributed by atoms with van der Waals surface area (Å²) in [5.41, 5.74) is 3.17. The molecular weight excluding hydrogens is 539 g/mol. The number of hydrogen-bond donors (Lipinski definition) is 2. The summed E-state index contributed by atoms with van der Waals surface area (Å²) in [6, 6.07) is 4.98. The number of aliphatic hydroxyl groups is 1. The van der Waals surface area contributed by atoms with Gasteiger partial charge in [0.25, 0.3) is 0 Å². The van der Waals surface area contributed by atoms with E-state index in [2.05, 4.69) is 4.98 Å². The fourth-order valence-electron chi connectivity index (χ4n) is 5.47. The molecule has 1 aromatic carbocycles. The second-order valence-corrected chi connectivity index (χ2v) is 12.5. The van der Waals surface area contributed by atoms with Crippen molar-refractivity contribution in [1.82, 2.24) is 19.7 Å². The standard InChI is InChI=1S/C28H35FN4O6S/c1-17-24(40-14-30-17)19-7-5-18(6-8-19)21(12-23(37)38)32(15-34)22-11-20(36)13-31(22)26(39)25(27(2,3)4)33(16-35)28(29)9-10-28/h5-8,14-16,20-22,25,36H,9-13H2,1-4H3,(H,37,38)/t20-,21+,22-,25-/m1/s1. The van der Waals surface area contributed by atoms with E-state index in [1.165, 1.54) is 21.1 Å². The number of nitrogens with zero attached hydrogens (tertiary/aromatic N) is 4. The van der Waals surface area contributed by atoms with Gasteiger partial charge in [-0.25, -0.2) is 9.37 Å². The summed E-state index contributed by atoms with van der Waals surface area (Å²) < 4.78 is 15.2. The van der Waals surface area contributed by atoms with Gasteiger partial charge in [-0.3, -0.25) is 24.1 Å². The Morgan fingerprint density at radius 3 is 2.35 bits per heavy atom. The number of β-amino-alcohol motifs (C(OH)–C–C–N with tert-alkyl or cyclic N) is 1. The summed E-state index contributed by atoms with van der Waals surface area (Å²) in [6.07, 6.45) is -1.38. The second-order valence-electron chi connectivity index (χ2n) is 11.6. The van der Waals surface area contributed by atoms with E-state index in [1.54, 1.807) is 38.4 Å². The van der Waals surface area contributed by atoms with Crippen molar-refractivity contribution >= 4 is 36.0 Å². The first-order chi connectivity index (χ1) is 18.8. The molecule has 0 bridgehead atoms. The third-order valence-corrected chi connectivity index (χ3v) is 8.58. The molecule has 216 valence electrons. The molecule has 10 nitrogen and oxygen atoms in total. The number of rotatable bonds is 11. The van der Waals surface area contributed by atoms with Crippen molar-refractivity contribution in [2.45, 2.75) is 83.5 Å². The maximum atomic E-state index is 15.2. The van der Waals surface area contributed by atoms with Gasteiger partial charge in [-0.1, -0.05) is 45.0 Å². The summed E-state index contributed by atoms with van der Waals surface area (Å²) in [5, 5.41) is 20.3. The van der Waals surface area contributed by atoms with E-state index in [0.29, 0.717) is 18.4 Å². The molecule has 2 aromatic rings. The van der Waals surface area contributed by atoms with Crippen LogP contribution in [0.3, 0.4) is 0 Å². The van der Waals surface area contributed by atoms with Crippen LogP contribution in [0.25, 0.3) is 10.4 Å². The zero-order chi connectivity index (χ0) is 29.4. The Balaban J connectivity index is 1.69. The molecule has 0 radical (unpaired) electrons. The van der Waals surface area contributed by atoms with Crippen LogP contribution in [-0.4, -0.2) is 85.2 Å². The van der Waals surface area contributed by atoms with E-state index in [0.717, 1.165) is 21.0 Å². The predicted molar refractivity (Wildman–Crippen MR) is 146 cm³/mol. The number of carbonyl (C=O) groups excluding carboxylic acids is 3. The summed E-state index contributed by atoms with van der Waals surface area (Å²) >= 11 is 1.48. The summed E-state index contributed by atoms with van der Waals surface area (Å²) in [4.78, 5) is 59.2. The molecular formula is C28H35FN4O6S. The first kappa shape index (κ1) is 29.6. The van der Waals surface area contributed by atoms with Gasteiger partial charge in [-0.2, -0.15) is 0 Å². The monoisotopic (exact) mass is 574 g/mol. The molecule has 1 aliphatic carbocycles. The van der Waals surface area contributed by atoms with Gasteiger partial charge in [-0.05, 0) is 23.5 Å². The number of thiazole rings is 1. The van der Waals surface area contributed by atoms with Crippen LogP contribution in [0.5, 0.6) is 0 Å². The number of carboxylic acid groups (broad SMARTS) is 1. The van der Waals surface area contributed by atoms with Crippen LogP contribution >= 0.6 is 11.3 Å². The molecule has 1 saturated carbocycles. The normalized spacial score (nSPS) is 21.4. The number of aromatic nitrogens is 1. The van der Waals surface area contributed by atoms with Crippen LogP contribution in [0.4, 0.5) is 4.39 Å². The van der Waals surface area contributed by atoms with Crippen LogP contribution < -0.4 is 0 Å². The number of hydrogen-bond acceptors (Lipinski definition) is 7. The number of likely N-dealkylation sites (tertiary alicyclic amines) is 1. The van der Waals surface area contributed by atoms with Crippen LogP contribution in [0.15, 0.2) is 29.8 Å². The number of aryl methyl sites for hydroxylation is 1. The molecule has 2 heterocycles. The fraction of sp³-hybridized carbons (Fsp3) is 0.536. The van der Waals surface area contributed by atoms with Gasteiger partial charge in [0.15, 0.2) is 5.79 Å². The molecule has 1 saturated heterocycles. The third kappa shape index (κ3) is 5.87. The zero-order valence-electron chi connectivity index (χ0n) is 23.0. The van der Waals surface area contributed by atoms with E-state index < -0.39 is 53.9 Å². The van der Waals surface area contributed by atoms with Gasteiger partial charge >= 0.3 is 5.97 Å². The number of amides is 3. The lowest BCUT2D eigenvalue weighted by Crippen LogP contribution is -2.60. The predicted octanol–water partition coefficient (Wildman–Crippen LogP) is 3.34. The Morgan fingerprint density at radius 1 is 1.23 bits per heavy atom. The average Bonchev–Trinajstić information content (AvgIpc) is 3.29. The Labute approximate surface area is 236 Å². The van der Waals surface area contributed by atoms with E-state index in [-0.39, 0.29) is 25.8 Å². The molecule has 4 atom stereocenters. The van der Waals surface area contributed by atoms with Crippen LogP contribution in [-0.2, 0) is 19.2 Å². The molecule has 2 N–H and O–H groups in total. The topological polar surface area (TPSA) is 131 Å². The number of aliphatic carboxylic acids is 1. The molecule has 2 fully saturated rings. The molecule has 0 unspecified atom stereocenters. The molecule has 2 aliphatic rings. The lowest BCUT2D eigenvalue weighted by atomic mass is 9.84. The number of benzene rings is 1. The SMILES string of the molecule is Cc1ncsc1-c1ccc([C@H](CC(=O)O)N(C=O)[C@@H]2C[C@@H](O)CN2C(=O)[C@@H](N(C=O)C2(F)CC2)C(C)(C)C)cc1. The highest BCUT2D eigenvalue weighted by atomic mass is 32.1. The minimum atomic E-state index is -1.92. The highest BCUT2D eigenvalue weighted by molar-refractivity contribution is 7.13. The molecule has 1 aromatic heterocycles. The number of alkyl halides is 1. The first-order valence-corrected chi connectivity index (χ1v) is 14.0. The van der Waals surface area contributed by atoms with E-state index in [1.807, 2.05) is 19.1 Å². The largest absolute Gasteiger partial charge is 0.481 e. The fourth-order valence-corrected chi connectivity index (χ4v) is 6.28. The van der Waals surface area contributed by atoms with E-state index in [4.69, 9.17) is 0 Å². The number of aliphatic hydroxyl groups excluding tert-OH is 1. The van der Waals surface area contributed by atoms with Crippen molar-refractivity contribution in [3.05, 3.63) is 41.0 Å². The summed E-state index contributed by atoms with van der Waals surface area (Å²) in [5.74, 6) is -3.68. The van der Waals surface area contributed by atoms with Crippen molar-refractivity contribution in [3.8, 4) is 10.4 Å². The van der Waals surface area contributed by atoms with Crippen molar-refractivity contribution in [2.24, 2.45) is 5.41 Å². The quantitative estimate of drug-likeness (QED) is 0.311. The first-order valence-electron chi connectivity index (χ1n) is 13.2. The smallest absolute Gasteiger partial charge is 0.305 e. The Bertz CT molecular complexity index is 1260. The van der Waals surface area contributed by atoms with Gasteiger partial charge in [0.1, 0.15) is 12.2 Å². The number of carbonyl (C=O) groups is 4. The highest BCUT2D eigenvalue weighted by Gasteiger charge is 2.56. The van der Waals surface area contributed by atoms with Crippen molar-refractivity contribution in [1.29, 1.82) is 0 Å². The minimum absolute atomic E-state index is 0.0164. The Kier molecular flexibility index (Phi) is 8.32. The lowest BCUT2D eigenvalue weighted by Gasteiger charge is -2.44. The molecule has 40 heavy (non-hydrogen) atoms. The van der Waals surface area contributed by atoms with Gasteiger partial charge in [0, 0.05) is 25.8 Å². The number of carboxylic acids is 1. The van der Waals surface area contributed by atoms with Gasteiger partial charge in [0.05, 0.1) is 34.6 Å². The van der Waals surface area contributed by atoms with Crippen molar-refractivity contribution in [3.63, 3.8) is 0 Å². The summed E-state index contributed by atoms with van der Waals surface area (Å²) in [6.45, 7) is 6.90. The van der Waals surface area contributed by atoms with Crippen molar-refractivity contribution < 1.29 is 33.8 Å². The summed E-state index contributed by atoms with van der Waals surface area (Å²) in [7, 11) is 0. The van der Waals surface area contributed by atoms with E-state index >= 15 is 4.39 Å². The zero-order valence-corrected chi connectivity index (χ0v) is 23.8. The molecule has 12 heteroatoms. The highest BCUT2D eigenvalue weighted by Crippen LogP contribution is 2.46. The molecule has 3 amide bonds. The van der Waals surface area contributed by atoms with Gasteiger partial charge in [0.2, 0.25) is 18.7 Å². The average molecular weight is 575 g/mol. The van der Waals surface area contributed by atoms with Gasteiger partial charge in [-0.15, -0.1) is 11.3 Å². The minimum Gasteiger partial charge on any atom is -0.481 e. The Morgan fingerprint density at radius 2 is 1.88 bits per heavy atom. The van der Waals surface area contributed by atoms with Crippen LogP contribution in [0, 0.1) is 12.3 Å². The lowest BCUT2D eigenvalue weighted by molar-refractivity contribution is -0.158. The third-order valence-electron chi connectivity index (χ3n) is 7.60. The van der Waals surface area contributed by atoms with Crippen LogP contribution in [0.1, 0.15) is 63.8 Å². The second kappa shape index (κ2) is 11.2. The maximum Gasteiger partial charge on any atom is 0.305 e. The van der Waals surface area contributed by atoms with Crippen molar-refractivity contribution in [2.75, 3.05) is 6.54 Å². The number of halogens is 1. The maximum absolute atomic E-state index is 15.2. The van der Waals surface area contributed by atoms with Crippen LogP contribution in [0.2, 0.25) is 0 Å². The van der Waals surface area contributed by atoms with Gasteiger partial charge < -0.3 is 20.0 Å². The molecule has 4 rings (SSSR count).